The van der Waals surface area contributed by atoms with Crippen LogP contribution in [0.15, 0.2) is 30.2 Å². The molecule has 0 saturated heterocycles. The van der Waals surface area contributed by atoms with Crippen LogP contribution in [0.1, 0.15) is 71.7 Å². The third kappa shape index (κ3) is 4.72. The van der Waals surface area contributed by atoms with Crippen molar-refractivity contribution >= 4 is 0 Å². The Hall–Kier alpha value is -0.780. The molecule has 0 aromatic heterocycles. The summed E-state index contributed by atoms with van der Waals surface area (Å²) in [7, 11) is 0. The first-order chi connectivity index (χ1) is 14.2. The topological polar surface area (TPSA) is 0 Å². The molecule has 0 nitrogen and oxygen atoms in total. The van der Waals surface area contributed by atoms with Crippen molar-refractivity contribution < 1.29 is 27.4 Å². The molecule has 0 saturated carbocycles. The Morgan fingerprint density at radius 2 is 1.92 bits per heavy atom. The van der Waals surface area contributed by atoms with Crippen LogP contribution in [-0.2, 0) is 6.37 Å². The highest BCUT2D eigenvalue weighted by molar-refractivity contribution is 5.14. The lowest BCUT2D eigenvalue weighted by atomic mass is 10.1. The van der Waals surface area contributed by atoms with Gasteiger partial charge in [-0.05, 0) is 18.3 Å². The van der Waals surface area contributed by atoms with Gasteiger partial charge in [-0.15, -0.1) is 0 Å². The summed E-state index contributed by atoms with van der Waals surface area (Å²) in [5.74, 6) is 0. The maximum atomic E-state index is 8.12. The van der Waals surface area contributed by atoms with E-state index >= 15 is 0 Å². The van der Waals surface area contributed by atoms with Gasteiger partial charge in [-0.2, -0.15) is 0 Å². The van der Waals surface area contributed by atoms with Gasteiger partial charge in [-0.25, -0.2) is 0 Å². The molecule has 13 heavy (non-hydrogen) atoms. The van der Waals surface area contributed by atoms with Crippen molar-refractivity contribution in [1.29, 1.82) is 0 Å². The third-order valence-corrected chi connectivity index (χ3v) is 0.938. The predicted octanol–water partition coefficient (Wildman–Crippen LogP) is 4.20. The van der Waals surface area contributed by atoms with E-state index in [2.05, 4.69) is 0 Å². The lowest BCUT2D eigenvalue weighted by Crippen LogP contribution is -1.84. The third-order valence-electron chi connectivity index (χ3n) is 0.938. The van der Waals surface area contributed by atoms with E-state index in [1.165, 1.54) is 0 Å². The molecule has 0 bridgehead atoms. The molecule has 0 atom stereocenters. The molecule has 1 aromatic carbocycles. The molecule has 1 rings (SSSR count). The van der Waals surface area contributed by atoms with Gasteiger partial charge in [-0.3, -0.25) is 0 Å². The summed E-state index contributed by atoms with van der Waals surface area (Å²) in [5, 5.41) is 0. The van der Waals surface area contributed by atoms with Crippen molar-refractivity contribution in [2.24, 2.45) is 0 Å². The summed E-state index contributed by atoms with van der Waals surface area (Å²) in [6.07, 6.45) is -25.2. The van der Waals surface area contributed by atoms with Crippen LogP contribution < -0.4 is 0 Å². The Bertz CT molecular complexity index is 892. The minimum atomic E-state index is -4.36. The molecule has 0 aliphatic heterocycles. The van der Waals surface area contributed by atoms with Gasteiger partial charge in [0, 0.05) is 20.6 Å². The largest absolute Gasteiger partial charge is 0.0654 e. The highest BCUT2D eigenvalue weighted by Gasteiger charge is 1.91. The van der Waals surface area contributed by atoms with E-state index in [1.807, 2.05) is 0 Å². The van der Waals surface area contributed by atoms with Crippen molar-refractivity contribution in [1.82, 2.24) is 0 Å². The molecular formula is C13H20. The average Bonchev–Trinajstić information content (AvgIpc) is 2.62. The zero-order valence-electron chi connectivity index (χ0n) is 26.5. The highest BCUT2D eigenvalue weighted by atomic mass is 14.0. The first-order valence-corrected chi connectivity index (χ1v) is 3.25. The van der Waals surface area contributed by atoms with Gasteiger partial charge in [0.15, 0.2) is 0 Å². The molecule has 0 spiro atoms. The number of rotatable bonds is 6. The van der Waals surface area contributed by atoms with E-state index in [1.54, 1.807) is 0 Å². The monoisotopic (exact) mass is 196 g/mol. The lowest BCUT2D eigenvalue weighted by Gasteiger charge is -2.00. The molecule has 0 aliphatic rings. The predicted molar refractivity (Wildman–Crippen MR) is 58.9 cm³/mol. The molecule has 0 unspecified atom stereocenters. The molecule has 0 radical (unpaired) electrons. The maximum absolute atomic E-state index is 8.12. The molecule has 0 fully saturated rings. The molecular weight excluding hydrogens is 156 g/mol. The molecule has 1 aromatic rings. The van der Waals surface area contributed by atoms with Crippen LogP contribution in [0.25, 0.3) is 0 Å². The molecule has 0 aliphatic carbocycles. The first kappa shape index (κ1) is 1.48. The molecule has 0 N–H and O–H groups in total. The molecule has 72 valence electrons. The fraction of sp³-hybridized carbons (Fsp3) is 0.538. The maximum Gasteiger partial charge on any atom is 0.0626 e. The first-order valence-electron chi connectivity index (χ1n) is 13.2. The zero-order chi connectivity index (χ0) is 27.0. The summed E-state index contributed by atoms with van der Waals surface area (Å²) in [6.45, 7) is -3.83. The fourth-order valence-corrected chi connectivity index (χ4v) is 0.500. The van der Waals surface area contributed by atoms with Gasteiger partial charge >= 0.3 is 0 Å². The van der Waals surface area contributed by atoms with Gasteiger partial charge in [0.25, 0.3) is 0 Å². The van der Waals surface area contributed by atoms with E-state index in [9.17, 15) is 0 Å². The van der Waals surface area contributed by atoms with E-state index in [0.29, 0.717) is 0 Å². The minimum Gasteiger partial charge on any atom is -0.0654 e. The fourth-order valence-electron chi connectivity index (χ4n) is 0.500. The quantitative estimate of drug-likeness (QED) is 0.640. The normalized spacial score (nSPS) is 40.3. The molecule has 0 heteroatoms. The van der Waals surface area contributed by atoms with Gasteiger partial charge in [0.05, 0.1) is 6.85 Å². The van der Waals surface area contributed by atoms with E-state index in [0.717, 1.165) is 0 Å². The van der Waals surface area contributed by atoms with Gasteiger partial charge in [-0.1, -0.05) is 62.6 Å². The second kappa shape index (κ2) is 6.71. The number of hydrogen-bond donors (Lipinski definition) is 0. The Balaban J connectivity index is 3.91. The van der Waals surface area contributed by atoms with Gasteiger partial charge in [0.2, 0.25) is 0 Å². The summed E-state index contributed by atoms with van der Waals surface area (Å²) in [5.41, 5.74) is -1.38. The second-order valence-corrected chi connectivity index (χ2v) is 1.75. The summed E-state index contributed by atoms with van der Waals surface area (Å²) in [6, 6.07) is -5.67. The van der Waals surface area contributed by atoms with Crippen LogP contribution in [0.5, 0.6) is 0 Å². The summed E-state index contributed by atoms with van der Waals surface area (Å²) >= 11 is 0. The Kier molecular flexibility index (Phi) is 0.764. The molecule has 0 amide bonds. The Morgan fingerprint density at radius 3 is 2.69 bits per heavy atom. The standard InChI is InChI=1S/C13H20/c1-2-3-4-5-7-10-13-11-8-6-9-12-13/h6,8-9,11-12H,2-5,7,10H2,1H3/i1D3,2D2,3D2,4D2,5D2,6D,7D2,8D,9D,10D2,11D,12D. The Labute approximate surface area is 110 Å². The lowest BCUT2D eigenvalue weighted by molar-refractivity contribution is 0.632. The Morgan fingerprint density at radius 1 is 1.15 bits per heavy atom. The van der Waals surface area contributed by atoms with Crippen LogP contribution in [0.2, 0.25) is 0 Å². The van der Waals surface area contributed by atoms with Crippen LogP contribution in [-0.4, -0.2) is 0 Å². The van der Waals surface area contributed by atoms with Gasteiger partial charge in [0.1, 0.15) is 0 Å². The van der Waals surface area contributed by atoms with Crippen molar-refractivity contribution in [2.45, 2.75) is 45.1 Å². The average molecular weight is 196 g/mol. The van der Waals surface area contributed by atoms with Crippen LogP contribution in [0.4, 0.5) is 0 Å². The van der Waals surface area contributed by atoms with Crippen molar-refractivity contribution in [2.75, 3.05) is 0 Å². The van der Waals surface area contributed by atoms with Crippen molar-refractivity contribution in [3.05, 3.63) is 35.8 Å². The van der Waals surface area contributed by atoms with E-state index in [-0.39, 0.29) is 0 Å². The smallest absolute Gasteiger partial charge is 0.0626 e. The van der Waals surface area contributed by atoms with E-state index in [4.69, 9.17) is 27.4 Å². The zero-order valence-corrected chi connectivity index (χ0v) is 6.50. The van der Waals surface area contributed by atoms with Crippen LogP contribution in [0, 0.1) is 0 Å². The number of hydrogen-bond acceptors (Lipinski definition) is 0. The SMILES string of the molecule is [2H]c1c([2H])c([2H])c(C([2H])([2H])C([2H])([2H])C([2H])([2H])C([2H])([2H])C([2H])([2H])C([2H])([2H])C([2H])([2H])[2H])c([2H])c1[2H]. The summed E-state index contributed by atoms with van der Waals surface area (Å²) < 4.78 is 155. The van der Waals surface area contributed by atoms with Crippen LogP contribution in [0.3, 0.4) is 0 Å². The summed E-state index contributed by atoms with van der Waals surface area (Å²) in [4.78, 5) is 0. The minimum absolute atomic E-state index is 0.967. The van der Waals surface area contributed by atoms with Gasteiger partial charge < -0.3 is 0 Å². The molecule has 0 heterocycles. The van der Waals surface area contributed by atoms with Crippen molar-refractivity contribution in [3.63, 3.8) is 0 Å². The van der Waals surface area contributed by atoms with Crippen molar-refractivity contribution in [3.8, 4) is 0 Å². The highest BCUT2D eigenvalue weighted by Crippen LogP contribution is 2.08. The number of benzene rings is 1. The second-order valence-electron chi connectivity index (χ2n) is 1.75. The van der Waals surface area contributed by atoms with Crippen LogP contribution >= 0.6 is 0 Å². The van der Waals surface area contributed by atoms with E-state index < -0.39 is 80.9 Å².